The molecule has 2 aromatic carbocycles. The molecule has 0 aliphatic carbocycles. The van der Waals surface area contributed by atoms with E-state index >= 15 is 0 Å². The van der Waals surface area contributed by atoms with Gasteiger partial charge in [-0.15, -0.1) is 10.2 Å². The molecule has 3 aromatic rings. The fourth-order valence-electron chi connectivity index (χ4n) is 2.04. The zero-order valence-corrected chi connectivity index (χ0v) is 11.1. The van der Waals surface area contributed by atoms with E-state index in [4.69, 9.17) is 16.3 Å². The van der Waals surface area contributed by atoms with Gasteiger partial charge in [0.2, 0.25) is 0 Å². The molecule has 0 spiro atoms. The number of hydrogen-bond donors (Lipinski definition) is 0. The maximum atomic E-state index is 6.12. The van der Waals surface area contributed by atoms with Gasteiger partial charge in [0.15, 0.2) is 5.15 Å². The van der Waals surface area contributed by atoms with Crippen molar-refractivity contribution < 1.29 is 4.74 Å². The molecule has 1 aromatic heterocycles. The third kappa shape index (κ3) is 2.13. The van der Waals surface area contributed by atoms with Crippen molar-refractivity contribution in [2.45, 2.75) is 0 Å². The molecule has 1 heterocycles. The number of methoxy groups -OCH3 is 1. The van der Waals surface area contributed by atoms with Crippen molar-refractivity contribution in [3.05, 3.63) is 53.7 Å². The van der Waals surface area contributed by atoms with Gasteiger partial charge in [-0.3, -0.25) is 0 Å². The molecule has 4 heteroatoms. The van der Waals surface area contributed by atoms with Crippen LogP contribution >= 0.6 is 11.6 Å². The summed E-state index contributed by atoms with van der Waals surface area (Å²) in [6, 6.07) is 15.6. The Morgan fingerprint density at radius 2 is 1.74 bits per heavy atom. The van der Waals surface area contributed by atoms with Gasteiger partial charge in [0.1, 0.15) is 11.4 Å². The summed E-state index contributed by atoms with van der Waals surface area (Å²) < 4.78 is 5.22. The Balaban J connectivity index is 2.30. The highest BCUT2D eigenvalue weighted by molar-refractivity contribution is 6.34. The van der Waals surface area contributed by atoms with Crippen LogP contribution < -0.4 is 4.74 Å². The number of hydrogen-bond acceptors (Lipinski definition) is 3. The second-order valence-corrected chi connectivity index (χ2v) is 4.47. The zero-order valence-electron chi connectivity index (χ0n) is 10.3. The van der Waals surface area contributed by atoms with Gasteiger partial charge < -0.3 is 4.74 Å². The number of benzene rings is 2. The molecule has 0 bridgehead atoms. The molecule has 0 aliphatic rings. The molecule has 0 fully saturated rings. The van der Waals surface area contributed by atoms with Crippen LogP contribution in [-0.2, 0) is 0 Å². The Labute approximate surface area is 115 Å². The Morgan fingerprint density at radius 1 is 0.947 bits per heavy atom. The zero-order chi connectivity index (χ0) is 13.2. The molecular formula is C15H11ClN2O. The van der Waals surface area contributed by atoms with Crippen LogP contribution in [0, 0.1) is 0 Å². The number of ether oxygens (including phenoxy) is 1. The highest BCUT2D eigenvalue weighted by Gasteiger charge is 2.10. The average Bonchev–Trinajstić information content (AvgIpc) is 2.48. The molecule has 0 N–H and O–H groups in total. The smallest absolute Gasteiger partial charge is 0.159 e. The van der Waals surface area contributed by atoms with E-state index < -0.39 is 0 Å². The monoisotopic (exact) mass is 270 g/mol. The summed E-state index contributed by atoms with van der Waals surface area (Å²) in [4.78, 5) is 0. The number of fused-ring (bicyclic) bond motifs is 1. The first kappa shape index (κ1) is 11.9. The molecule has 19 heavy (non-hydrogen) atoms. The first-order chi connectivity index (χ1) is 9.29. The van der Waals surface area contributed by atoms with E-state index in [1.165, 1.54) is 0 Å². The molecule has 0 saturated heterocycles. The minimum atomic E-state index is 0.383. The Bertz CT molecular complexity index is 729. The molecule has 94 valence electrons. The van der Waals surface area contributed by atoms with Crippen LogP contribution in [0.3, 0.4) is 0 Å². The topological polar surface area (TPSA) is 35.0 Å². The fourth-order valence-corrected chi connectivity index (χ4v) is 2.23. The minimum Gasteiger partial charge on any atom is -0.497 e. The second-order valence-electron chi connectivity index (χ2n) is 4.12. The molecule has 0 radical (unpaired) electrons. The maximum Gasteiger partial charge on any atom is 0.159 e. The third-order valence-corrected chi connectivity index (χ3v) is 3.27. The van der Waals surface area contributed by atoms with Crippen molar-refractivity contribution in [2.24, 2.45) is 0 Å². The van der Waals surface area contributed by atoms with Crippen molar-refractivity contribution in [3.8, 4) is 17.0 Å². The predicted octanol–water partition coefficient (Wildman–Crippen LogP) is 3.96. The number of halogens is 1. The van der Waals surface area contributed by atoms with Crippen LogP contribution in [0.15, 0.2) is 48.5 Å². The van der Waals surface area contributed by atoms with Crippen LogP contribution in [0.5, 0.6) is 5.75 Å². The van der Waals surface area contributed by atoms with Crippen molar-refractivity contribution in [1.82, 2.24) is 10.2 Å². The van der Waals surface area contributed by atoms with Gasteiger partial charge in [0.25, 0.3) is 0 Å². The van der Waals surface area contributed by atoms with Crippen molar-refractivity contribution in [1.29, 1.82) is 0 Å². The van der Waals surface area contributed by atoms with Gasteiger partial charge in [-0.05, 0) is 18.2 Å². The summed E-state index contributed by atoms with van der Waals surface area (Å²) in [6.07, 6.45) is 0. The second kappa shape index (κ2) is 4.86. The van der Waals surface area contributed by atoms with Crippen molar-refractivity contribution in [3.63, 3.8) is 0 Å². The minimum absolute atomic E-state index is 0.383. The van der Waals surface area contributed by atoms with E-state index in [0.717, 1.165) is 27.8 Å². The first-order valence-electron chi connectivity index (χ1n) is 5.85. The lowest BCUT2D eigenvalue weighted by molar-refractivity contribution is 0.415. The third-order valence-electron chi connectivity index (χ3n) is 2.99. The molecule has 0 unspecified atom stereocenters. The molecule has 3 rings (SSSR count). The van der Waals surface area contributed by atoms with Gasteiger partial charge in [0, 0.05) is 16.3 Å². The average molecular weight is 271 g/mol. The van der Waals surface area contributed by atoms with E-state index in [1.54, 1.807) is 7.11 Å². The summed E-state index contributed by atoms with van der Waals surface area (Å²) in [5.74, 6) is 0.751. The van der Waals surface area contributed by atoms with Gasteiger partial charge in [-0.1, -0.05) is 41.9 Å². The van der Waals surface area contributed by atoms with Crippen molar-refractivity contribution in [2.75, 3.05) is 7.11 Å². The highest BCUT2D eigenvalue weighted by Crippen LogP contribution is 2.31. The van der Waals surface area contributed by atoms with Gasteiger partial charge in [-0.2, -0.15) is 0 Å². The van der Waals surface area contributed by atoms with E-state index in [-0.39, 0.29) is 0 Å². The lowest BCUT2D eigenvalue weighted by atomic mass is 10.1. The van der Waals surface area contributed by atoms with Crippen molar-refractivity contribution >= 4 is 22.4 Å². The van der Waals surface area contributed by atoms with E-state index in [2.05, 4.69) is 10.2 Å². The number of aromatic nitrogens is 2. The lowest BCUT2D eigenvalue weighted by Crippen LogP contribution is -1.92. The lowest BCUT2D eigenvalue weighted by Gasteiger charge is -2.07. The quantitative estimate of drug-likeness (QED) is 0.707. The molecule has 3 nitrogen and oxygen atoms in total. The summed E-state index contributed by atoms with van der Waals surface area (Å²) in [5.41, 5.74) is 1.84. The van der Waals surface area contributed by atoms with Gasteiger partial charge in [0.05, 0.1) is 7.11 Å². The maximum absolute atomic E-state index is 6.12. The highest BCUT2D eigenvalue weighted by atomic mass is 35.5. The molecule has 0 amide bonds. The molecule has 0 atom stereocenters. The van der Waals surface area contributed by atoms with E-state index in [1.807, 2.05) is 48.5 Å². The summed E-state index contributed by atoms with van der Waals surface area (Å²) in [5, 5.41) is 10.4. The van der Waals surface area contributed by atoms with E-state index in [9.17, 15) is 0 Å². The molecule has 0 aliphatic heterocycles. The van der Waals surface area contributed by atoms with E-state index in [0.29, 0.717) is 5.15 Å². The summed E-state index contributed by atoms with van der Waals surface area (Å²) in [7, 11) is 1.63. The summed E-state index contributed by atoms with van der Waals surface area (Å²) in [6.45, 7) is 0. The van der Waals surface area contributed by atoms with Gasteiger partial charge in [-0.25, -0.2) is 0 Å². The van der Waals surface area contributed by atoms with Crippen LogP contribution in [0.2, 0.25) is 5.15 Å². The molecular weight excluding hydrogens is 260 g/mol. The largest absolute Gasteiger partial charge is 0.497 e. The first-order valence-corrected chi connectivity index (χ1v) is 6.23. The Hall–Kier alpha value is -2.13. The number of rotatable bonds is 2. The van der Waals surface area contributed by atoms with Gasteiger partial charge >= 0.3 is 0 Å². The fraction of sp³-hybridized carbons (Fsp3) is 0.0667. The van der Waals surface area contributed by atoms with Crippen LogP contribution in [-0.4, -0.2) is 17.3 Å². The SMILES string of the molecule is COc1ccc2c(-c3ccccc3)nnc(Cl)c2c1. The Kier molecular flexibility index (Phi) is 3.05. The summed E-state index contributed by atoms with van der Waals surface area (Å²) >= 11 is 6.12. The number of nitrogens with zero attached hydrogens (tertiary/aromatic N) is 2. The molecule has 0 saturated carbocycles. The van der Waals surface area contributed by atoms with Crippen LogP contribution in [0.1, 0.15) is 0 Å². The normalized spacial score (nSPS) is 10.6. The van der Waals surface area contributed by atoms with Crippen LogP contribution in [0.25, 0.3) is 22.0 Å². The van der Waals surface area contributed by atoms with Crippen LogP contribution in [0.4, 0.5) is 0 Å². The predicted molar refractivity (Wildman–Crippen MR) is 76.5 cm³/mol. The standard InChI is InChI=1S/C15H11ClN2O/c1-19-11-7-8-12-13(9-11)15(16)18-17-14(12)10-5-3-2-4-6-10/h2-9H,1H3. The Morgan fingerprint density at radius 3 is 2.47 bits per heavy atom.